The summed E-state index contributed by atoms with van der Waals surface area (Å²) in [5, 5.41) is 6.71. The van der Waals surface area contributed by atoms with E-state index in [0.717, 1.165) is 22.2 Å². The maximum atomic E-state index is 13.1. The molecular formula is C25H19ClFN3O2S. The first kappa shape index (κ1) is 21.6. The lowest BCUT2D eigenvalue weighted by Gasteiger charge is -2.10. The predicted molar refractivity (Wildman–Crippen MR) is 130 cm³/mol. The molecule has 5 nitrogen and oxygen atoms in total. The van der Waals surface area contributed by atoms with Crippen LogP contribution in [0.2, 0.25) is 5.02 Å². The number of thiazole rings is 1. The van der Waals surface area contributed by atoms with Gasteiger partial charge in [-0.15, -0.1) is 0 Å². The van der Waals surface area contributed by atoms with E-state index < -0.39 is 0 Å². The van der Waals surface area contributed by atoms with Crippen LogP contribution in [-0.4, -0.2) is 16.8 Å². The lowest BCUT2D eigenvalue weighted by molar-refractivity contribution is -0.117. The first-order valence-electron chi connectivity index (χ1n) is 10.4. The highest BCUT2D eigenvalue weighted by Crippen LogP contribution is 2.48. The van der Waals surface area contributed by atoms with Crippen LogP contribution in [0.1, 0.15) is 33.8 Å². The van der Waals surface area contributed by atoms with Crippen molar-refractivity contribution in [1.82, 2.24) is 4.98 Å². The Hall–Kier alpha value is -3.29. The number of aromatic nitrogens is 1. The molecule has 1 unspecified atom stereocenters. The molecule has 0 bridgehead atoms. The number of rotatable bonds is 5. The smallest absolute Gasteiger partial charge is 0.255 e. The van der Waals surface area contributed by atoms with Gasteiger partial charge in [0.05, 0.1) is 20.9 Å². The molecular weight excluding hydrogens is 461 g/mol. The Labute approximate surface area is 198 Å². The van der Waals surface area contributed by atoms with Gasteiger partial charge in [0.25, 0.3) is 5.91 Å². The number of carbonyl (C=O) groups is 2. The molecule has 3 aromatic carbocycles. The van der Waals surface area contributed by atoms with Crippen molar-refractivity contribution in [3.05, 3.63) is 88.2 Å². The van der Waals surface area contributed by atoms with Crippen molar-refractivity contribution in [3.63, 3.8) is 0 Å². The van der Waals surface area contributed by atoms with Crippen LogP contribution in [0.5, 0.6) is 0 Å². The standard InChI is InChI=1S/C25H19ClFN3O2S/c1-13-3-2-4-19(26)22(13)29-23(31)15-7-10-20-21(11-15)33-25(28-20)30-24(32)18-12-17(18)14-5-8-16(27)9-6-14/h2-11,17-18H,12H2,1H3,(H,29,31)(H,28,30,32)/t17-,18?/m0/s1. The second kappa shape index (κ2) is 8.57. The molecule has 1 heterocycles. The SMILES string of the molecule is Cc1cccc(Cl)c1NC(=O)c1ccc2nc(NC(=O)C3C[C@H]3c3ccc(F)cc3)sc2c1. The van der Waals surface area contributed by atoms with Crippen molar-refractivity contribution in [3.8, 4) is 0 Å². The van der Waals surface area contributed by atoms with Crippen molar-refractivity contribution in [2.45, 2.75) is 19.3 Å². The van der Waals surface area contributed by atoms with Gasteiger partial charge in [0.1, 0.15) is 5.82 Å². The number of nitrogens with zero attached hydrogens (tertiary/aromatic N) is 1. The Balaban J connectivity index is 1.28. The van der Waals surface area contributed by atoms with Gasteiger partial charge < -0.3 is 10.6 Å². The molecule has 2 amide bonds. The second-order valence-corrected chi connectivity index (χ2v) is 9.51. The van der Waals surface area contributed by atoms with Crippen LogP contribution in [-0.2, 0) is 4.79 Å². The van der Waals surface area contributed by atoms with Gasteiger partial charge in [-0.25, -0.2) is 9.37 Å². The van der Waals surface area contributed by atoms with Gasteiger partial charge in [0.2, 0.25) is 5.91 Å². The molecule has 1 aliphatic rings. The maximum Gasteiger partial charge on any atom is 0.255 e. The van der Waals surface area contributed by atoms with Crippen LogP contribution in [0.3, 0.4) is 0 Å². The van der Waals surface area contributed by atoms with Gasteiger partial charge in [0, 0.05) is 11.5 Å². The van der Waals surface area contributed by atoms with Crippen molar-refractivity contribution in [2.24, 2.45) is 5.92 Å². The van der Waals surface area contributed by atoms with Crippen LogP contribution >= 0.6 is 22.9 Å². The highest BCUT2D eigenvalue weighted by atomic mass is 35.5. The molecule has 1 fully saturated rings. The van der Waals surface area contributed by atoms with Crippen LogP contribution < -0.4 is 10.6 Å². The first-order valence-corrected chi connectivity index (χ1v) is 11.6. The Bertz CT molecular complexity index is 1370. The van der Waals surface area contributed by atoms with Crippen molar-refractivity contribution >= 4 is 55.8 Å². The molecule has 0 spiro atoms. The molecule has 5 rings (SSSR count). The van der Waals surface area contributed by atoms with Crippen molar-refractivity contribution in [2.75, 3.05) is 10.6 Å². The van der Waals surface area contributed by atoms with Gasteiger partial charge in [-0.2, -0.15) is 0 Å². The van der Waals surface area contributed by atoms with E-state index in [9.17, 15) is 14.0 Å². The van der Waals surface area contributed by atoms with E-state index in [1.54, 1.807) is 36.4 Å². The summed E-state index contributed by atoms with van der Waals surface area (Å²) in [6.07, 6.45) is 0.730. The zero-order valence-electron chi connectivity index (χ0n) is 17.6. The summed E-state index contributed by atoms with van der Waals surface area (Å²) in [5.41, 5.74) is 3.60. The second-order valence-electron chi connectivity index (χ2n) is 8.08. The predicted octanol–water partition coefficient (Wildman–Crippen LogP) is 6.39. The summed E-state index contributed by atoms with van der Waals surface area (Å²) in [7, 11) is 0. The summed E-state index contributed by atoms with van der Waals surface area (Å²) >= 11 is 7.53. The van der Waals surface area contributed by atoms with Gasteiger partial charge >= 0.3 is 0 Å². The lowest BCUT2D eigenvalue weighted by atomic mass is 10.1. The Morgan fingerprint density at radius 2 is 1.88 bits per heavy atom. The molecule has 0 saturated heterocycles. The molecule has 8 heteroatoms. The molecule has 1 aromatic heterocycles. The zero-order chi connectivity index (χ0) is 23.1. The van der Waals surface area contributed by atoms with Crippen LogP contribution in [0.15, 0.2) is 60.7 Å². The number of aryl methyl sites for hydroxylation is 1. The Morgan fingerprint density at radius 3 is 2.64 bits per heavy atom. The van der Waals surface area contributed by atoms with E-state index in [1.807, 2.05) is 19.1 Å². The molecule has 0 aliphatic heterocycles. The van der Waals surface area contributed by atoms with Crippen LogP contribution in [0.4, 0.5) is 15.2 Å². The van der Waals surface area contributed by atoms with E-state index >= 15 is 0 Å². The third-order valence-electron chi connectivity index (χ3n) is 5.77. The highest BCUT2D eigenvalue weighted by molar-refractivity contribution is 7.22. The quantitative estimate of drug-likeness (QED) is 0.348. The number of fused-ring (bicyclic) bond motifs is 1. The fraction of sp³-hybridized carbons (Fsp3) is 0.160. The molecule has 1 aliphatic carbocycles. The fourth-order valence-electron chi connectivity index (χ4n) is 3.86. The number of halogens is 2. The number of hydrogen-bond acceptors (Lipinski definition) is 4. The number of hydrogen-bond donors (Lipinski definition) is 2. The first-order chi connectivity index (χ1) is 15.9. The minimum Gasteiger partial charge on any atom is -0.320 e. The topological polar surface area (TPSA) is 71.1 Å². The molecule has 0 radical (unpaired) electrons. The Morgan fingerprint density at radius 1 is 1.09 bits per heavy atom. The average molecular weight is 480 g/mol. The highest BCUT2D eigenvalue weighted by Gasteiger charge is 2.44. The van der Waals surface area contributed by atoms with Crippen molar-refractivity contribution in [1.29, 1.82) is 0 Å². The number of nitrogens with one attached hydrogen (secondary N) is 2. The van der Waals surface area contributed by atoms with Gasteiger partial charge in [-0.1, -0.05) is 47.2 Å². The number of para-hydroxylation sites is 1. The van der Waals surface area contributed by atoms with E-state index in [-0.39, 0.29) is 29.5 Å². The minimum absolute atomic E-state index is 0.101. The molecule has 166 valence electrons. The number of amides is 2. The number of carbonyl (C=O) groups excluding carboxylic acids is 2. The summed E-state index contributed by atoms with van der Waals surface area (Å²) in [4.78, 5) is 29.9. The largest absolute Gasteiger partial charge is 0.320 e. The van der Waals surface area contributed by atoms with E-state index in [4.69, 9.17) is 11.6 Å². The van der Waals surface area contributed by atoms with Crippen molar-refractivity contribution < 1.29 is 14.0 Å². The Kier molecular flexibility index (Phi) is 5.60. The normalized spacial score (nSPS) is 17.1. The molecule has 2 atom stereocenters. The van der Waals surface area contributed by atoms with Crippen LogP contribution in [0.25, 0.3) is 10.2 Å². The minimum atomic E-state index is -0.287. The van der Waals surface area contributed by atoms with Crippen LogP contribution in [0, 0.1) is 18.7 Å². The van der Waals surface area contributed by atoms with Gasteiger partial charge in [-0.05, 0) is 66.8 Å². The monoisotopic (exact) mass is 479 g/mol. The summed E-state index contributed by atoms with van der Waals surface area (Å²) in [6.45, 7) is 1.88. The number of anilines is 2. The molecule has 2 N–H and O–H groups in total. The third-order valence-corrected chi connectivity index (χ3v) is 7.02. The molecule has 33 heavy (non-hydrogen) atoms. The summed E-state index contributed by atoms with van der Waals surface area (Å²) in [5.74, 6) is -0.709. The molecule has 4 aromatic rings. The number of benzene rings is 3. The fourth-order valence-corrected chi connectivity index (χ4v) is 5.03. The summed E-state index contributed by atoms with van der Waals surface area (Å²) < 4.78 is 13.9. The molecule has 1 saturated carbocycles. The van der Waals surface area contributed by atoms with E-state index in [1.165, 1.54) is 23.5 Å². The zero-order valence-corrected chi connectivity index (χ0v) is 19.1. The maximum absolute atomic E-state index is 13.1. The summed E-state index contributed by atoms with van der Waals surface area (Å²) in [6, 6.07) is 16.9. The van der Waals surface area contributed by atoms with E-state index in [0.29, 0.717) is 26.9 Å². The average Bonchev–Trinajstić information content (AvgIpc) is 3.49. The third kappa shape index (κ3) is 4.47. The van der Waals surface area contributed by atoms with Gasteiger partial charge in [0.15, 0.2) is 5.13 Å². The van der Waals surface area contributed by atoms with Gasteiger partial charge in [-0.3, -0.25) is 9.59 Å². The lowest BCUT2D eigenvalue weighted by Crippen LogP contribution is -2.14. The van der Waals surface area contributed by atoms with E-state index in [2.05, 4.69) is 15.6 Å².